The van der Waals surface area contributed by atoms with E-state index in [0.717, 1.165) is 69.3 Å². The van der Waals surface area contributed by atoms with Crippen LogP contribution in [0.15, 0.2) is 0 Å². The molecule has 0 spiro atoms. The van der Waals surface area contributed by atoms with Crippen molar-refractivity contribution in [3.8, 4) is 0 Å². The molecular formula is C18H28N4O3. The zero-order valence-electron chi connectivity index (χ0n) is 14.7. The number of fused-ring (bicyclic) bond motifs is 1. The number of likely N-dealkylation sites (tertiary alicyclic amines) is 2. The van der Waals surface area contributed by atoms with Gasteiger partial charge in [-0.15, -0.1) is 0 Å². The number of rotatable bonds is 2. The van der Waals surface area contributed by atoms with Crippen molar-refractivity contribution < 1.29 is 15.0 Å². The maximum atomic E-state index is 12.9. The van der Waals surface area contributed by atoms with E-state index >= 15 is 0 Å². The molecule has 0 saturated carbocycles. The molecule has 3 aliphatic rings. The zero-order chi connectivity index (χ0) is 17.4. The van der Waals surface area contributed by atoms with Crippen LogP contribution in [0.4, 0.5) is 0 Å². The number of hydrogen-bond donors (Lipinski definition) is 3. The molecule has 2 aliphatic heterocycles. The molecule has 2 fully saturated rings. The van der Waals surface area contributed by atoms with E-state index < -0.39 is 6.10 Å². The summed E-state index contributed by atoms with van der Waals surface area (Å²) < 4.78 is 0. The quantitative estimate of drug-likeness (QED) is 0.716. The number of carbonyl (C=O) groups is 1. The van der Waals surface area contributed by atoms with Gasteiger partial charge in [-0.1, -0.05) is 0 Å². The molecule has 2 atom stereocenters. The molecule has 7 heteroatoms. The van der Waals surface area contributed by atoms with Crippen LogP contribution in [0.2, 0.25) is 0 Å². The number of aliphatic hydroxyl groups is 2. The molecule has 1 aromatic heterocycles. The third-order valence-electron chi connectivity index (χ3n) is 6.06. The van der Waals surface area contributed by atoms with Crippen LogP contribution in [0.1, 0.15) is 53.8 Å². The summed E-state index contributed by atoms with van der Waals surface area (Å²) in [4.78, 5) is 16.9. The highest BCUT2D eigenvalue weighted by molar-refractivity contribution is 5.94. The predicted molar refractivity (Wildman–Crippen MR) is 92.4 cm³/mol. The number of H-pyrrole nitrogens is 1. The number of carbonyl (C=O) groups excluding carboxylic acids is 1. The summed E-state index contributed by atoms with van der Waals surface area (Å²) in [5.41, 5.74) is 2.75. The molecular weight excluding hydrogens is 320 g/mol. The van der Waals surface area contributed by atoms with Crippen LogP contribution >= 0.6 is 0 Å². The van der Waals surface area contributed by atoms with Crippen molar-refractivity contribution in [2.24, 2.45) is 0 Å². The van der Waals surface area contributed by atoms with Gasteiger partial charge in [0, 0.05) is 43.5 Å². The lowest BCUT2D eigenvalue weighted by Gasteiger charge is -2.43. The molecule has 3 heterocycles. The monoisotopic (exact) mass is 348 g/mol. The van der Waals surface area contributed by atoms with E-state index in [4.69, 9.17) is 0 Å². The van der Waals surface area contributed by atoms with Gasteiger partial charge in [-0.25, -0.2) is 0 Å². The summed E-state index contributed by atoms with van der Waals surface area (Å²) in [6.07, 6.45) is 5.72. The second-order valence-electron chi connectivity index (χ2n) is 7.68. The van der Waals surface area contributed by atoms with Gasteiger partial charge in [-0.05, 0) is 44.9 Å². The normalized spacial score (nSPS) is 28.8. The second-order valence-corrected chi connectivity index (χ2v) is 7.68. The van der Waals surface area contributed by atoms with Crippen LogP contribution in [-0.4, -0.2) is 80.5 Å². The Balaban J connectivity index is 1.40. The number of aromatic amines is 1. The van der Waals surface area contributed by atoms with Gasteiger partial charge in [0.15, 0.2) is 5.69 Å². The second kappa shape index (κ2) is 7.05. The van der Waals surface area contributed by atoms with E-state index in [1.54, 1.807) is 4.90 Å². The van der Waals surface area contributed by atoms with Gasteiger partial charge in [0.05, 0.1) is 12.2 Å². The van der Waals surface area contributed by atoms with E-state index in [1.165, 1.54) is 0 Å². The van der Waals surface area contributed by atoms with Crippen molar-refractivity contribution in [1.29, 1.82) is 0 Å². The van der Waals surface area contributed by atoms with Crippen molar-refractivity contribution in [2.75, 3.05) is 26.2 Å². The highest BCUT2D eigenvalue weighted by Gasteiger charge is 2.36. The van der Waals surface area contributed by atoms with E-state index in [2.05, 4.69) is 15.1 Å². The first-order chi connectivity index (χ1) is 12.1. The van der Waals surface area contributed by atoms with Crippen molar-refractivity contribution in [3.63, 3.8) is 0 Å². The molecule has 25 heavy (non-hydrogen) atoms. The number of aliphatic hydroxyl groups excluding tert-OH is 2. The van der Waals surface area contributed by atoms with Crippen molar-refractivity contribution in [1.82, 2.24) is 20.0 Å². The van der Waals surface area contributed by atoms with Gasteiger partial charge in [-0.2, -0.15) is 5.10 Å². The zero-order valence-corrected chi connectivity index (χ0v) is 14.7. The average Bonchev–Trinajstić information content (AvgIpc) is 3.06. The number of piperidine rings is 2. The van der Waals surface area contributed by atoms with E-state index in [0.29, 0.717) is 18.8 Å². The SMILES string of the molecule is O=C(c1n[nH]c2c1CCCC2)N1CC[C@@H](N2CCC(O)CC2)[C@H](O)C1. The maximum Gasteiger partial charge on any atom is 0.274 e. The standard InChI is InChI=1S/C18H28N4O3/c23-12-5-8-21(9-6-12)15-7-10-22(11-16(15)24)18(25)17-13-3-1-2-4-14(13)19-20-17/h12,15-16,23-24H,1-11H2,(H,19,20)/t15-,16-/m1/s1. The van der Waals surface area contributed by atoms with Crippen LogP contribution in [0.25, 0.3) is 0 Å². The van der Waals surface area contributed by atoms with Crippen LogP contribution in [-0.2, 0) is 12.8 Å². The van der Waals surface area contributed by atoms with Gasteiger partial charge in [0.25, 0.3) is 5.91 Å². The van der Waals surface area contributed by atoms with E-state index in [-0.39, 0.29) is 18.1 Å². The van der Waals surface area contributed by atoms with E-state index in [1.807, 2.05) is 0 Å². The molecule has 138 valence electrons. The maximum absolute atomic E-state index is 12.9. The Morgan fingerprint density at radius 1 is 1.08 bits per heavy atom. The number of aromatic nitrogens is 2. The molecule has 1 aliphatic carbocycles. The minimum absolute atomic E-state index is 0.0500. The van der Waals surface area contributed by atoms with Crippen LogP contribution in [0, 0.1) is 0 Å². The summed E-state index contributed by atoms with van der Waals surface area (Å²) in [5.74, 6) is -0.0500. The van der Waals surface area contributed by atoms with Gasteiger partial charge in [0.1, 0.15) is 0 Å². The first-order valence-corrected chi connectivity index (χ1v) is 9.59. The predicted octanol–water partition coefficient (Wildman–Crippen LogP) is 0.321. The number of amides is 1. The number of β-amino-alcohol motifs (C(OH)–C–C–N with tert-alkyl or cyclic N) is 1. The average molecular weight is 348 g/mol. The lowest BCUT2D eigenvalue weighted by molar-refractivity contribution is -0.0292. The number of aryl methyl sites for hydroxylation is 1. The minimum Gasteiger partial charge on any atom is -0.393 e. The topological polar surface area (TPSA) is 92.7 Å². The molecule has 0 aromatic carbocycles. The lowest BCUT2D eigenvalue weighted by atomic mass is 9.94. The summed E-state index contributed by atoms with van der Waals surface area (Å²) >= 11 is 0. The first-order valence-electron chi connectivity index (χ1n) is 9.59. The largest absolute Gasteiger partial charge is 0.393 e. The molecule has 2 saturated heterocycles. The summed E-state index contributed by atoms with van der Waals surface area (Å²) in [6.45, 7) is 2.67. The third kappa shape index (κ3) is 3.32. The van der Waals surface area contributed by atoms with E-state index in [9.17, 15) is 15.0 Å². The fourth-order valence-electron chi connectivity index (χ4n) is 4.55. The fourth-order valence-corrected chi connectivity index (χ4v) is 4.55. The van der Waals surface area contributed by atoms with Crippen molar-refractivity contribution in [3.05, 3.63) is 17.0 Å². The Bertz CT molecular complexity index is 624. The lowest BCUT2D eigenvalue weighted by Crippen LogP contribution is -2.57. The van der Waals surface area contributed by atoms with Crippen LogP contribution < -0.4 is 0 Å². The fraction of sp³-hybridized carbons (Fsp3) is 0.778. The smallest absolute Gasteiger partial charge is 0.274 e. The van der Waals surface area contributed by atoms with Gasteiger partial charge in [0.2, 0.25) is 0 Å². The first kappa shape index (κ1) is 17.0. The third-order valence-corrected chi connectivity index (χ3v) is 6.06. The molecule has 1 amide bonds. The Labute approximate surface area is 148 Å². The number of nitrogens with zero attached hydrogens (tertiary/aromatic N) is 3. The van der Waals surface area contributed by atoms with Gasteiger partial charge < -0.3 is 15.1 Å². The Kier molecular flexibility index (Phi) is 4.80. The summed E-state index contributed by atoms with van der Waals surface area (Å²) in [7, 11) is 0. The highest BCUT2D eigenvalue weighted by atomic mass is 16.3. The summed E-state index contributed by atoms with van der Waals surface area (Å²) in [6, 6.07) is 0.0876. The molecule has 7 nitrogen and oxygen atoms in total. The number of nitrogens with one attached hydrogen (secondary N) is 1. The van der Waals surface area contributed by atoms with Crippen molar-refractivity contribution in [2.45, 2.75) is 63.2 Å². The molecule has 0 unspecified atom stereocenters. The van der Waals surface area contributed by atoms with Crippen LogP contribution in [0.3, 0.4) is 0 Å². The molecule has 0 bridgehead atoms. The Morgan fingerprint density at radius 3 is 2.60 bits per heavy atom. The highest BCUT2D eigenvalue weighted by Crippen LogP contribution is 2.26. The molecule has 0 radical (unpaired) electrons. The minimum atomic E-state index is -0.539. The number of hydrogen-bond acceptors (Lipinski definition) is 5. The molecule has 4 rings (SSSR count). The summed E-state index contributed by atoms with van der Waals surface area (Å²) in [5, 5.41) is 27.6. The molecule has 1 aromatic rings. The Hall–Kier alpha value is -1.44. The van der Waals surface area contributed by atoms with Crippen LogP contribution in [0.5, 0.6) is 0 Å². The Morgan fingerprint density at radius 2 is 1.84 bits per heavy atom. The van der Waals surface area contributed by atoms with Gasteiger partial charge >= 0.3 is 0 Å². The molecule has 3 N–H and O–H groups in total. The van der Waals surface area contributed by atoms with Crippen molar-refractivity contribution >= 4 is 5.91 Å². The van der Waals surface area contributed by atoms with Gasteiger partial charge in [-0.3, -0.25) is 14.8 Å².